The summed E-state index contributed by atoms with van der Waals surface area (Å²) in [6, 6.07) is 10.7. The Kier molecular flexibility index (Phi) is 7.17. The molecule has 0 aliphatic carbocycles. The van der Waals surface area contributed by atoms with Gasteiger partial charge in [0.2, 0.25) is 5.82 Å². The van der Waals surface area contributed by atoms with E-state index in [4.69, 9.17) is 9.62 Å². The number of hydrogen-bond acceptors (Lipinski definition) is 4. The summed E-state index contributed by atoms with van der Waals surface area (Å²) < 4.78 is 7.71. The van der Waals surface area contributed by atoms with Gasteiger partial charge < -0.3 is 4.52 Å². The third-order valence-electron chi connectivity index (χ3n) is 5.12. The maximum absolute atomic E-state index is 5.56. The maximum atomic E-state index is 5.56. The van der Waals surface area contributed by atoms with E-state index < -0.39 is 0 Å². The van der Waals surface area contributed by atoms with Crippen LogP contribution in [0.5, 0.6) is 0 Å². The van der Waals surface area contributed by atoms with Crippen LogP contribution in [0.3, 0.4) is 0 Å². The van der Waals surface area contributed by atoms with Crippen LogP contribution in [-0.4, -0.2) is 19.9 Å². The number of aromatic nitrogens is 4. The number of benzene rings is 1. The fourth-order valence-corrected chi connectivity index (χ4v) is 3.55. The summed E-state index contributed by atoms with van der Waals surface area (Å²) in [6.07, 6.45) is 12.3. The van der Waals surface area contributed by atoms with Crippen molar-refractivity contribution in [3.63, 3.8) is 0 Å². The lowest BCUT2D eigenvalue weighted by Gasteiger charge is -2.19. The molecule has 0 N–H and O–H groups in total. The number of nitrogens with zero attached hydrogens (tertiary/aromatic N) is 4. The Morgan fingerprint density at radius 3 is 2.62 bits per heavy atom. The zero-order valence-corrected chi connectivity index (χ0v) is 17.8. The van der Waals surface area contributed by atoms with Gasteiger partial charge in [-0.25, -0.2) is 0 Å². The highest BCUT2D eigenvalue weighted by Gasteiger charge is 2.23. The van der Waals surface area contributed by atoms with Gasteiger partial charge in [-0.1, -0.05) is 80.4 Å². The van der Waals surface area contributed by atoms with E-state index in [-0.39, 0.29) is 0 Å². The molecule has 3 rings (SSSR count). The van der Waals surface area contributed by atoms with Crippen molar-refractivity contribution in [3.8, 4) is 22.6 Å². The molecule has 0 spiro atoms. The molecule has 0 fully saturated rings. The molecule has 5 nitrogen and oxygen atoms in total. The van der Waals surface area contributed by atoms with Crippen molar-refractivity contribution in [2.24, 2.45) is 0 Å². The Labute approximate surface area is 173 Å². The Balaban J connectivity index is 2.09. The summed E-state index contributed by atoms with van der Waals surface area (Å²) in [6.45, 7) is 8.38. The minimum absolute atomic E-state index is 0.347. The van der Waals surface area contributed by atoms with Gasteiger partial charge in [0.1, 0.15) is 0 Å². The molecule has 0 radical (unpaired) electrons. The van der Waals surface area contributed by atoms with Crippen molar-refractivity contribution >= 4 is 5.57 Å². The molecule has 0 saturated heterocycles. The molecular formula is C24H30N4O. The standard InChI is InChI=1S/C24H30N4O/c1-5-9-16-20(8-4)28-22(19-14-11-10-12-15-19)21(17-25-28)23-26-24(29-27-23)18(7-3)13-6-2/h6-7,10-15,17,20H,5,8-9,16H2,1-4H3. The average molecular weight is 391 g/mol. The maximum Gasteiger partial charge on any atom is 0.257 e. The molecule has 1 unspecified atom stereocenters. The highest BCUT2D eigenvalue weighted by Crippen LogP contribution is 2.35. The summed E-state index contributed by atoms with van der Waals surface area (Å²) in [5.74, 6) is 1.09. The first kappa shape index (κ1) is 20.8. The van der Waals surface area contributed by atoms with Gasteiger partial charge in [0.05, 0.1) is 23.5 Å². The molecule has 152 valence electrons. The molecule has 0 amide bonds. The number of allylic oxidation sites excluding steroid dienone is 4. The molecule has 0 bridgehead atoms. The Hall–Kier alpha value is -2.95. The second-order valence-electron chi connectivity index (χ2n) is 7.09. The molecule has 5 heteroatoms. The smallest absolute Gasteiger partial charge is 0.257 e. The molecule has 1 atom stereocenters. The van der Waals surface area contributed by atoms with E-state index in [2.05, 4.69) is 52.9 Å². The summed E-state index contributed by atoms with van der Waals surface area (Å²) in [7, 11) is 0. The summed E-state index contributed by atoms with van der Waals surface area (Å²) >= 11 is 0. The Bertz CT molecular complexity index is 966. The molecule has 0 aliphatic rings. The molecule has 3 aromatic rings. The van der Waals surface area contributed by atoms with Crippen molar-refractivity contribution in [2.75, 3.05) is 0 Å². The topological polar surface area (TPSA) is 56.7 Å². The van der Waals surface area contributed by atoms with Gasteiger partial charge in [0, 0.05) is 11.1 Å². The van der Waals surface area contributed by atoms with Crippen molar-refractivity contribution < 1.29 is 4.52 Å². The largest absolute Gasteiger partial charge is 0.334 e. The fraction of sp³-hybridized carbons (Fsp3) is 0.375. The van der Waals surface area contributed by atoms with Crippen molar-refractivity contribution in [2.45, 2.75) is 59.4 Å². The fourth-order valence-electron chi connectivity index (χ4n) is 3.55. The van der Waals surface area contributed by atoms with Crippen LogP contribution in [0.15, 0.2) is 59.3 Å². The highest BCUT2D eigenvalue weighted by molar-refractivity contribution is 5.78. The average Bonchev–Trinajstić information content (AvgIpc) is 3.40. The van der Waals surface area contributed by atoms with Crippen molar-refractivity contribution in [1.82, 2.24) is 19.9 Å². The zero-order valence-electron chi connectivity index (χ0n) is 17.8. The predicted molar refractivity (Wildman–Crippen MR) is 118 cm³/mol. The first-order chi connectivity index (χ1) is 14.2. The van der Waals surface area contributed by atoms with E-state index in [1.807, 2.05) is 44.3 Å². The third kappa shape index (κ3) is 4.56. The minimum Gasteiger partial charge on any atom is -0.334 e. The van der Waals surface area contributed by atoms with E-state index in [1.54, 1.807) is 0 Å². The van der Waals surface area contributed by atoms with Gasteiger partial charge >= 0.3 is 0 Å². The number of rotatable bonds is 9. The van der Waals surface area contributed by atoms with Gasteiger partial charge in [-0.2, -0.15) is 10.1 Å². The molecule has 2 heterocycles. The first-order valence-corrected chi connectivity index (χ1v) is 10.5. The molecular weight excluding hydrogens is 360 g/mol. The Morgan fingerprint density at radius 2 is 1.97 bits per heavy atom. The lowest BCUT2D eigenvalue weighted by molar-refractivity contribution is 0.404. The minimum atomic E-state index is 0.347. The molecule has 0 saturated carbocycles. The van der Waals surface area contributed by atoms with E-state index in [0.29, 0.717) is 17.8 Å². The summed E-state index contributed by atoms with van der Waals surface area (Å²) in [5, 5.41) is 9.04. The first-order valence-electron chi connectivity index (χ1n) is 10.5. The van der Waals surface area contributed by atoms with Crippen LogP contribution >= 0.6 is 0 Å². The van der Waals surface area contributed by atoms with Gasteiger partial charge in [-0.05, 0) is 26.7 Å². The van der Waals surface area contributed by atoms with Crippen LogP contribution in [0, 0.1) is 0 Å². The van der Waals surface area contributed by atoms with Crippen molar-refractivity contribution in [1.29, 1.82) is 0 Å². The van der Waals surface area contributed by atoms with Crippen LogP contribution in [0.25, 0.3) is 28.2 Å². The van der Waals surface area contributed by atoms with Crippen LogP contribution in [-0.2, 0) is 0 Å². The van der Waals surface area contributed by atoms with Crippen LogP contribution in [0.1, 0.15) is 65.3 Å². The molecule has 2 aromatic heterocycles. The van der Waals surface area contributed by atoms with E-state index in [0.717, 1.165) is 35.2 Å². The van der Waals surface area contributed by atoms with Crippen LogP contribution in [0.2, 0.25) is 0 Å². The van der Waals surface area contributed by atoms with Gasteiger partial charge in [0.15, 0.2) is 0 Å². The number of hydrogen-bond donors (Lipinski definition) is 0. The van der Waals surface area contributed by atoms with Gasteiger partial charge in [-0.15, -0.1) is 0 Å². The normalized spacial score (nSPS) is 13.3. The van der Waals surface area contributed by atoms with Crippen LogP contribution < -0.4 is 0 Å². The monoisotopic (exact) mass is 390 g/mol. The van der Waals surface area contributed by atoms with Gasteiger partial charge in [-0.3, -0.25) is 4.68 Å². The molecule has 0 aliphatic heterocycles. The van der Waals surface area contributed by atoms with Gasteiger partial charge in [0.25, 0.3) is 5.89 Å². The SMILES string of the molecule is CC=CC(=CC)c1nc(-c2cnn(C(CC)CCCC)c2-c2ccccc2)no1. The Morgan fingerprint density at radius 1 is 1.17 bits per heavy atom. The summed E-state index contributed by atoms with van der Waals surface area (Å²) in [5.41, 5.74) is 3.97. The molecule has 1 aromatic carbocycles. The third-order valence-corrected chi connectivity index (χ3v) is 5.12. The lowest BCUT2D eigenvalue weighted by atomic mass is 10.0. The number of unbranched alkanes of at least 4 members (excludes halogenated alkanes) is 1. The highest BCUT2D eigenvalue weighted by atomic mass is 16.5. The van der Waals surface area contributed by atoms with Crippen molar-refractivity contribution in [3.05, 3.63) is 60.6 Å². The quantitative estimate of drug-likeness (QED) is 0.380. The van der Waals surface area contributed by atoms with E-state index in [9.17, 15) is 0 Å². The van der Waals surface area contributed by atoms with E-state index in [1.165, 1.54) is 12.8 Å². The molecule has 29 heavy (non-hydrogen) atoms. The van der Waals surface area contributed by atoms with Crippen LogP contribution in [0.4, 0.5) is 0 Å². The van der Waals surface area contributed by atoms with E-state index >= 15 is 0 Å². The lowest BCUT2D eigenvalue weighted by Crippen LogP contribution is -2.11. The summed E-state index contributed by atoms with van der Waals surface area (Å²) in [4.78, 5) is 4.67. The second-order valence-corrected chi connectivity index (χ2v) is 7.09. The second kappa shape index (κ2) is 10.0. The zero-order chi connectivity index (χ0) is 20.6. The predicted octanol–water partition coefficient (Wildman–Crippen LogP) is 6.72.